The summed E-state index contributed by atoms with van der Waals surface area (Å²) in [7, 11) is 0. The van der Waals surface area contributed by atoms with Crippen LogP contribution in [0.4, 0.5) is 0 Å². The molecule has 0 aliphatic rings. The van der Waals surface area contributed by atoms with Gasteiger partial charge in [0.05, 0.1) is 16.6 Å². The highest BCUT2D eigenvalue weighted by Crippen LogP contribution is 2.24. The monoisotopic (exact) mass is 251 g/mol. The summed E-state index contributed by atoms with van der Waals surface area (Å²) in [5.74, 6) is 0. The van der Waals surface area contributed by atoms with E-state index in [1.807, 2.05) is 53.2 Å². The molecule has 0 saturated heterocycles. The number of imidazole rings is 1. The van der Waals surface area contributed by atoms with Crippen LogP contribution < -0.4 is 0 Å². The van der Waals surface area contributed by atoms with E-state index in [2.05, 4.69) is 22.6 Å². The summed E-state index contributed by atoms with van der Waals surface area (Å²) in [5, 5.41) is 1.03. The predicted octanol–water partition coefficient (Wildman–Crippen LogP) is 3.32. The van der Waals surface area contributed by atoms with Gasteiger partial charge in [-0.2, -0.15) is 0 Å². The first-order valence-electron chi connectivity index (χ1n) is 5.67. The summed E-state index contributed by atoms with van der Waals surface area (Å²) in [5.41, 5.74) is 3.93. The third-order valence-electron chi connectivity index (χ3n) is 3.13. The topological polar surface area (TPSA) is 30.2 Å². The lowest BCUT2D eigenvalue weighted by atomic mass is 10.2. The molecule has 3 nitrogen and oxygen atoms in total. The lowest BCUT2D eigenvalue weighted by molar-refractivity contribution is 1.15. The summed E-state index contributed by atoms with van der Waals surface area (Å²) < 4.78 is 2.02. The van der Waals surface area contributed by atoms with Crippen LogP contribution in [0.2, 0.25) is 0 Å². The molecule has 0 aliphatic heterocycles. The second-order valence-electron chi connectivity index (χ2n) is 4.24. The van der Waals surface area contributed by atoms with Gasteiger partial charge in [-0.25, -0.2) is 9.97 Å². The standard InChI is InChI=1S/C14H9N3S/c18-9-5-6-11-10(7-9)14-16-12-3-1-2-4-13(12)17(14)8-15-11/h1-8,18H. The maximum Gasteiger partial charge on any atom is 0.148 e. The zero-order chi connectivity index (χ0) is 12.1. The first-order valence-corrected chi connectivity index (χ1v) is 6.12. The number of benzene rings is 2. The highest BCUT2D eigenvalue weighted by atomic mass is 32.1. The number of fused-ring (bicyclic) bond motifs is 5. The minimum atomic E-state index is 0.921. The SMILES string of the molecule is Sc1ccc2ncn3c4ccccc4nc3c2c1. The van der Waals surface area contributed by atoms with Crippen molar-refractivity contribution < 1.29 is 0 Å². The van der Waals surface area contributed by atoms with Crippen molar-refractivity contribution in [1.82, 2.24) is 14.4 Å². The van der Waals surface area contributed by atoms with Gasteiger partial charge in [0, 0.05) is 10.3 Å². The van der Waals surface area contributed by atoms with E-state index in [1.165, 1.54) is 0 Å². The Morgan fingerprint density at radius 2 is 1.89 bits per heavy atom. The molecule has 4 aromatic rings. The normalized spacial score (nSPS) is 11.6. The predicted molar refractivity (Wildman–Crippen MR) is 75.3 cm³/mol. The number of aromatic nitrogens is 3. The highest BCUT2D eigenvalue weighted by molar-refractivity contribution is 7.80. The van der Waals surface area contributed by atoms with Crippen LogP contribution in [0.5, 0.6) is 0 Å². The Kier molecular flexibility index (Phi) is 1.91. The molecular weight excluding hydrogens is 242 g/mol. The molecule has 0 unspecified atom stereocenters. The van der Waals surface area contributed by atoms with Crippen LogP contribution in [0, 0.1) is 0 Å². The molecule has 2 aromatic carbocycles. The molecule has 0 amide bonds. The van der Waals surface area contributed by atoms with Crippen LogP contribution in [0.1, 0.15) is 0 Å². The van der Waals surface area contributed by atoms with Crippen molar-refractivity contribution in [3.8, 4) is 0 Å². The number of para-hydroxylation sites is 2. The molecule has 0 fully saturated rings. The minimum Gasteiger partial charge on any atom is -0.282 e. The van der Waals surface area contributed by atoms with E-state index in [0.717, 1.165) is 32.5 Å². The van der Waals surface area contributed by atoms with Crippen LogP contribution in [-0.4, -0.2) is 14.4 Å². The summed E-state index contributed by atoms with van der Waals surface area (Å²) in [6.07, 6.45) is 1.82. The second kappa shape index (κ2) is 3.46. The zero-order valence-corrected chi connectivity index (χ0v) is 10.3. The average molecular weight is 251 g/mol. The van der Waals surface area contributed by atoms with Crippen LogP contribution in [0.25, 0.3) is 27.6 Å². The summed E-state index contributed by atoms with van der Waals surface area (Å²) in [4.78, 5) is 10.1. The fraction of sp³-hybridized carbons (Fsp3) is 0. The molecule has 0 N–H and O–H groups in total. The molecule has 0 spiro atoms. The summed E-state index contributed by atoms with van der Waals surface area (Å²) >= 11 is 4.38. The quantitative estimate of drug-likeness (QED) is 0.486. The molecular formula is C14H9N3S. The summed E-state index contributed by atoms with van der Waals surface area (Å²) in [6.45, 7) is 0. The van der Waals surface area contributed by atoms with Crippen molar-refractivity contribution >= 4 is 40.2 Å². The lowest BCUT2D eigenvalue weighted by Crippen LogP contribution is -1.89. The molecule has 86 valence electrons. The van der Waals surface area contributed by atoms with Gasteiger partial charge in [0.1, 0.15) is 12.0 Å². The number of hydrogen-bond donors (Lipinski definition) is 1. The Bertz CT molecular complexity index is 895. The van der Waals surface area contributed by atoms with Gasteiger partial charge in [0.15, 0.2) is 0 Å². The number of nitrogens with zero attached hydrogens (tertiary/aromatic N) is 3. The first kappa shape index (κ1) is 9.91. The van der Waals surface area contributed by atoms with E-state index < -0.39 is 0 Å². The zero-order valence-electron chi connectivity index (χ0n) is 9.41. The second-order valence-corrected chi connectivity index (χ2v) is 4.76. The van der Waals surface area contributed by atoms with E-state index in [9.17, 15) is 0 Å². The van der Waals surface area contributed by atoms with Gasteiger partial charge in [0.2, 0.25) is 0 Å². The van der Waals surface area contributed by atoms with Gasteiger partial charge in [-0.1, -0.05) is 12.1 Å². The van der Waals surface area contributed by atoms with Crippen molar-refractivity contribution in [1.29, 1.82) is 0 Å². The van der Waals surface area contributed by atoms with Gasteiger partial charge in [-0.15, -0.1) is 12.6 Å². The molecule has 0 bridgehead atoms. The van der Waals surface area contributed by atoms with Crippen molar-refractivity contribution in [2.45, 2.75) is 4.90 Å². The third kappa shape index (κ3) is 1.26. The Hall–Kier alpha value is -2.07. The van der Waals surface area contributed by atoms with E-state index in [1.54, 1.807) is 0 Å². The molecule has 0 radical (unpaired) electrons. The fourth-order valence-electron chi connectivity index (χ4n) is 2.29. The third-order valence-corrected chi connectivity index (χ3v) is 3.41. The van der Waals surface area contributed by atoms with Gasteiger partial charge >= 0.3 is 0 Å². The Morgan fingerprint density at radius 1 is 1.00 bits per heavy atom. The molecule has 4 heteroatoms. The smallest absolute Gasteiger partial charge is 0.148 e. The van der Waals surface area contributed by atoms with Gasteiger partial charge in [0.25, 0.3) is 0 Å². The van der Waals surface area contributed by atoms with Gasteiger partial charge < -0.3 is 0 Å². The van der Waals surface area contributed by atoms with Crippen molar-refractivity contribution in [2.24, 2.45) is 0 Å². The van der Waals surface area contributed by atoms with Gasteiger partial charge in [-0.3, -0.25) is 4.40 Å². The molecule has 4 rings (SSSR count). The van der Waals surface area contributed by atoms with Crippen LogP contribution in [0.3, 0.4) is 0 Å². The maximum atomic E-state index is 4.67. The fourth-order valence-corrected chi connectivity index (χ4v) is 2.49. The molecule has 2 heterocycles. The van der Waals surface area contributed by atoms with Gasteiger partial charge in [-0.05, 0) is 30.3 Å². The molecule has 0 saturated carbocycles. The molecule has 2 aromatic heterocycles. The summed E-state index contributed by atoms with van der Waals surface area (Å²) in [6, 6.07) is 14.0. The van der Waals surface area contributed by atoms with Crippen LogP contribution in [0.15, 0.2) is 53.7 Å². The Balaban J connectivity index is 2.31. The van der Waals surface area contributed by atoms with Crippen molar-refractivity contribution in [3.05, 3.63) is 48.8 Å². The van der Waals surface area contributed by atoms with E-state index >= 15 is 0 Å². The minimum absolute atomic E-state index is 0.921. The number of rotatable bonds is 0. The number of hydrogen-bond acceptors (Lipinski definition) is 3. The largest absolute Gasteiger partial charge is 0.282 e. The maximum absolute atomic E-state index is 4.67. The van der Waals surface area contributed by atoms with Crippen LogP contribution >= 0.6 is 12.6 Å². The number of thiol groups is 1. The molecule has 18 heavy (non-hydrogen) atoms. The van der Waals surface area contributed by atoms with E-state index in [4.69, 9.17) is 0 Å². The van der Waals surface area contributed by atoms with Crippen LogP contribution in [-0.2, 0) is 0 Å². The lowest BCUT2D eigenvalue weighted by Gasteiger charge is -2.01. The average Bonchev–Trinajstić information content (AvgIpc) is 2.78. The first-order chi connectivity index (χ1) is 8.83. The van der Waals surface area contributed by atoms with Crippen molar-refractivity contribution in [3.63, 3.8) is 0 Å². The van der Waals surface area contributed by atoms with Crippen molar-refractivity contribution in [2.75, 3.05) is 0 Å². The Labute approximate surface area is 109 Å². The molecule has 0 aliphatic carbocycles. The van der Waals surface area contributed by atoms with E-state index in [-0.39, 0.29) is 0 Å². The van der Waals surface area contributed by atoms with E-state index in [0.29, 0.717) is 0 Å². The molecule has 0 atom stereocenters. The Morgan fingerprint density at radius 3 is 2.83 bits per heavy atom. The highest BCUT2D eigenvalue weighted by Gasteiger charge is 2.08.